The monoisotopic (exact) mass is 275 g/mol. The maximum atomic E-state index is 12.2. The molecule has 0 spiro atoms. The molecule has 1 unspecified atom stereocenters. The summed E-state index contributed by atoms with van der Waals surface area (Å²) in [6.07, 6.45) is 2.35. The van der Waals surface area contributed by atoms with Crippen LogP contribution in [0, 0.1) is 12.8 Å². The maximum Gasteiger partial charge on any atom is 0.247 e. The molecule has 1 aromatic heterocycles. The molecule has 2 aliphatic heterocycles. The van der Waals surface area contributed by atoms with E-state index in [4.69, 9.17) is 0 Å². The second kappa shape index (κ2) is 4.92. The molecule has 3 heterocycles. The summed E-state index contributed by atoms with van der Waals surface area (Å²) in [5, 5.41) is 6.26. The summed E-state index contributed by atoms with van der Waals surface area (Å²) in [5.74, 6) is 2.55. The number of aromatic nitrogens is 2. The predicted molar refractivity (Wildman–Crippen MR) is 79.1 cm³/mol. The number of hydrogen-bond donors (Lipinski definition) is 2. The van der Waals surface area contributed by atoms with Gasteiger partial charge in [-0.15, -0.1) is 0 Å². The van der Waals surface area contributed by atoms with Crippen molar-refractivity contribution in [2.24, 2.45) is 5.92 Å². The second-order valence-corrected chi connectivity index (χ2v) is 5.87. The van der Waals surface area contributed by atoms with Gasteiger partial charge < -0.3 is 15.5 Å². The van der Waals surface area contributed by atoms with Gasteiger partial charge in [0.05, 0.1) is 0 Å². The molecule has 108 valence electrons. The zero-order valence-corrected chi connectivity index (χ0v) is 12.2. The van der Waals surface area contributed by atoms with Crippen LogP contribution in [0.5, 0.6) is 0 Å². The minimum absolute atomic E-state index is 0.000370. The lowest BCUT2D eigenvalue weighted by molar-refractivity contribution is -0.117. The quantitative estimate of drug-likeness (QED) is 0.861. The van der Waals surface area contributed by atoms with Crippen LogP contribution >= 0.6 is 0 Å². The van der Waals surface area contributed by atoms with Crippen molar-refractivity contribution in [1.29, 1.82) is 0 Å². The van der Waals surface area contributed by atoms with Gasteiger partial charge in [0.15, 0.2) is 11.6 Å². The van der Waals surface area contributed by atoms with Crippen LogP contribution in [0.3, 0.4) is 0 Å². The standard InChI is InChI=1S/C14H21N5O/c1-8(2)10-14(20)18-11-12(17-10)15-9(3)16-13(11)19-6-4-5-7-19/h8,10H,4-7H2,1-3H3,(H,18,20)(H,15,16,17). The fourth-order valence-corrected chi connectivity index (χ4v) is 2.82. The molecule has 0 bridgehead atoms. The fraction of sp³-hybridized carbons (Fsp3) is 0.643. The van der Waals surface area contributed by atoms with Crippen molar-refractivity contribution in [2.75, 3.05) is 28.6 Å². The number of carbonyl (C=O) groups is 1. The van der Waals surface area contributed by atoms with E-state index in [1.165, 1.54) is 12.8 Å². The zero-order valence-electron chi connectivity index (χ0n) is 12.2. The summed E-state index contributed by atoms with van der Waals surface area (Å²) in [7, 11) is 0. The van der Waals surface area contributed by atoms with Crippen LogP contribution in [0.4, 0.5) is 17.3 Å². The van der Waals surface area contributed by atoms with Crippen molar-refractivity contribution in [3.8, 4) is 0 Å². The molecule has 1 fully saturated rings. The highest BCUT2D eigenvalue weighted by atomic mass is 16.2. The smallest absolute Gasteiger partial charge is 0.247 e. The number of hydrogen-bond acceptors (Lipinski definition) is 5. The van der Waals surface area contributed by atoms with Gasteiger partial charge in [-0.2, -0.15) is 0 Å². The molecular formula is C14H21N5O. The molecule has 3 rings (SSSR count). The Kier molecular flexibility index (Phi) is 3.23. The number of fused-ring (bicyclic) bond motifs is 1. The van der Waals surface area contributed by atoms with E-state index in [2.05, 4.69) is 25.5 Å². The Balaban J connectivity index is 2.01. The Morgan fingerprint density at radius 3 is 2.60 bits per heavy atom. The summed E-state index contributed by atoms with van der Waals surface area (Å²) in [4.78, 5) is 23.4. The molecule has 0 saturated carbocycles. The number of nitrogens with one attached hydrogen (secondary N) is 2. The van der Waals surface area contributed by atoms with Gasteiger partial charge in [0, 0.05) is 13.1 Å². The van der Waals surface area contributed by atoms with Crippen LogP contribution in [-0.2, 0) is 4.79 Å². The highest BCUT2D eigenvalue weighted by Crippen LogP contribution is 2.36. The Hall–Kier alpha value is -1.85. The molecular weight excluding hydrogens is 254 g/mol. The van der Waals surface area contributed by atoms with Gasteiger partial charge in [-0.3, -0.25) is 4.79 Å². The number of amides is 1. The Morgan fingerprint density at radius 2 is 1.95 bits per heavy atom. The molecule has 0 aliphatic carbocycles. The van der Waals surface area contributed by atoms with E-state index >= 15 is 0 Å². The van der Waals surface area contributed by atoms with Crippen LogP contribution in [-0.4, -0.2) is 35.0 Å². The number of rotatable bonds is 2. The van der Waals surface area contributed by atoms with Gasteiger partial charge in [-0.05, 0) is 25.7 Å². The van der Waals surface area contributed by atoms with Crippen LogP contribution in [0.25, 0.3) is 0 Å². The van der Waals surface area contributed by atoms with Crippen molar-refractivity contribution in [3.63, 3.8) is 0 Å². The first-order chi connectivity index (χ1) is 9.56. The third-order valence-corrected chi connectivity index (χ3v) is 3.90. The molecule has 1 amide bonds. The van der Waals surface area contributed by atoms with E-state index < -0.39 is 0 Å². The lowest BCUT2D eigenvalue weighted by Crippen LogP contribution is -2.43. The lowest BCUT2D eigenvalue weighted by atomic mass is 10.0. The van der Waals surface area contributed by atoms with Gasteiger partial charge in [0.1, 0.15) is 17.6 Å². The highest BCUT2D eigenvalue weighted by Gasteiger charge is 2.32. The number of carbonyl (C=O) groups excluding carboxylic acids is 1. The van der Waals surface area contributed by atoms with Gasteiger partial charge in [-0.25, -0.2) is 9.97 Å². The van der Waals surface area contributed by atoms with E-state index in [1.807, 2.05) is 20.8 Å². The van der Waals surface area contributed by atoms with E-state index in [-0.39, 0.29) is 17.9 Å². The average molecular weight is 275 g/mol. The normalized spacial score (nSPS) is 21.7. The third kappa shape index (κ3) is 2.19. The van der Waals surface area contributed by atoms with Crippen molar-refractivity contribution in [2.45, 2.75) is 39.7 Å². The van der Waals surface area contributed by atoms with Crippen LogP contribution in [0.1, 0.15) is 32.5 Å². The van der Waals surface area contributed by atoms with E-state index in [0.717, 1.165) is 36.2 Å². The van der Waals surface area contributed by atoms with Crippen molar-refractivity contribution in [3.05, 3.63) is 5.82 Å². The Morgan fingerprint density at radius 1 is 1.25 bits per heavy atom. The highest BCUT2D eigenvalue weighted by molar-refractivity contribution is 6.05. The molecule has 2 N–H and O–H groups in total. The van der Waals surface area contributed by atoms with Gasteiger partial charge in [-0.1, -0.05) is 13.8 Å². The first kappa shape index (κ1) is 13.1. The van der Waals surface area contributed by atoms with E-state index in [1.54, 1.807) is 0 Å². The number of nitrogens with zero attached hydrogens (tertiary/aromatic N) is 3. The Labute approximate surface area is 119 Å². The van der Waals surface area contributed by atoms with Crippen molar-refractivity contribution in [1.82, 2.24) is 9.97 Å². The summed E-state index contributed by atoms with van der Waals surface area (Å²) in [6.45, 7) is 7.93. The molecule has 2 aliphatic rings. The minimum Gasteiger partial charge on any atom is -0.356 e. The summed E-state index contributed by atoms with van der Waals surface area (Å²) in [5.41, 5.74) is 0.736. The summed E-state index contributed by atoms with van der Waals surface area (Å²) in [6, 6.07) is -0.233. The minimum atomic E-state index is -0.233. The summed E-state index contributed by atoms with van der Waals surface area (Å²) >= 11 is 0. The lowest BCUT2D eigenvalue weighted by Gasteiger charge is -2.31. The van der Waals surface area contributed by atoms with Crippen molar-refractivity contribution < 1.29 is 4.79 Å². The fourth-order valence-electron chi connectivity index (χ4n) is 2.82. The zero-order chi connectivity index (χ0) is 14.3. The molecule has 6 nitrogen and oxygen atoms in total. The SMILES string of the molecule is Cc1nc2c(c(N3CCCC3)n1)NC(=O)C(C(C)C)N2. The molecule has 6 heteroatoms. The first-order valence-electron chi connectivity index (χ1n) is 7.27. The average Bonchev–Trinajstić information content (AvgIpc) is 2.91. The largest absolute Gasteiger partial charge is 0.356 e. The molecule has 0 aromatic carbocycles. The molecule has 1 atom stereocenters. The Bertz CT molecular complexity index is 537. The van der Waals surface area contributed by atoms with E-state index in [9.17, 15) is 4.79 Å². The second-order valence-electron chi connectivity index (χ2n) is 5.87. The molecule has 0 radical (unpaired) electrons. The first-order valence-corrected chi connectivity index (χ1v) is 7.27. The molecule has 20 heavy (non-hydrogen) atoms. The topological polar surface area (TPSA) is 70.2 Å². The number of anilines is 3. The summed E-state index contributed by atoms with van der Waals surface area (Å²) < 4.78 is 0. The molecule has 1 saturated heterocycles. The van der Waals surface area contributed by atoms with Crippen molar-refractivity contribution >= 4 is 23.2 Å². The maximum absolute atomic E-state index is 12.2. The number of aryl methyl sites for hydroxylation is 1. The third-order valence-electron chi connectivity index (χ3n) is 3.90. The van der Waals surface area contributed by atoms with E-state index in [0.29, 0.717) is 0 Å². The van der Waals surface area contributed by atoms with Gasteiger partial charge >= 0.3 is 0 Å². The van der Waals surface area contributed by atoms with Gasteiger partial charge in [0.25, 0.3) is 0 Å². The van der Waals surface area contributed by atoms with Gasteiger partial charge in [0.2, 0.25) is 5.91 Å². The van der Waals surface area contributed by atoms with Crippen LogP contribution in [0.2, 0.25) is 0 Å². The molecule has 1 aromatic rings. The van der Waals surface area contributed by atoms with Crippen LogP contribution < -0.4 is 15.5 Å². The van der Waals surface area contributed by atoms with Crippen LogP contribution in [0.15, 0.2) is 0 Å². The predicted octanol–water partition coefficient (Wildman–Crippen LogP) is 1.77.